The lowest BCUT2D eigenvalue weighted by Gasteiger charge is -2.31. The van der Waals surface area contributed by atoms with Crippen molar-refractivity contribution >= 4 is 22.9 Å². The molecule has 2 saturated heterocycles. The molecule has 3 heterocycles. The molecule has 7 nitrogen and oxygen atoms in total. The minimum atomic E-state index is -0.0704. The molecule has 7 heteroatoms. The molecule has 2 bridgehead atoms. The van der Waals surface area contributed by atoms with Gasteiger partial charge < -0.3 is 19.0 Å². The third kappa shape index (κ3) is 4.08. The van der Waals surface area contributed by atoms with E-state index in [2.05, 4.69) is 4.98 Å². The Balaban J connectivity index is 1.27. The van der Waals surface area contributed by atoms with Gasteiger partial charge in [-0.2, -0.15) is 0 Å². The van der Waals surface area contributed by atoms with Crippen LogP contribution in [0.5, 0.6) is 0 Å². The van der Waals surface area contributed by atoms with Gasteiger partial charge in [0.15, 0.2) is 5.58 Å². The molecule has 0 unspecified atom stereocenters. The normalized spacial score (nSPS) is 24.9. The maximum Gasteiger partial charge on any atom is 0.232 e. The first kappa shape index (κ1) is 19.5. The lowest BCUT2D eigenvalue weighted by Crippen LogP contribution is -2.48. The maximum absolute atomic E-state index is 13.1. The van der Waals surface area contributed by atoms with Crippen LogP contribution in [-0.2, 0) is 20.7 Å². The highest BCUT2D eigenvalue weighted by Crippen LogP contribution is 2.30. The van der Waals surface area contributed by atoms with Gasteiger partial charge in [0.05, 0.1) is 19.3 Å². The van der Waals surface area contributed by atoms with Crippen LogP contribution in [0, 0.1) is 11.8 Å². The van der Waals surface area contributed by atoms with Crippen molar-refractivity contribution in [1.82, 2.24) is 14.8 Å². The molecule has 2 aliphatic heterocycles. The minimum absolute atomic E-state index is 0.00329. The minimum Gasteiger partial charge on any atom is -0.440 e. The standard InChI is InChI=1S/C23H29N3O4/c27-22(10-21-24-19-7-3-4-8-20(19)30-21)25-11-17-12-26(18(13-25)15-29-14-17)23(28)9-16-5-1-2-6-16/h3-4,7-8,16-18H,1-2,5-6,9-15H2/t17-,18-/m0/s1. The van der Waals surface area contributed by atoms with Gasteiger partial charge in [-0.05, 0) is 30.9 Å². The summed E-state index contributed by atoms with van der Waals surface area (Å²) in [5, 5.41) is 0. The van der Waals surface area contributed by atoms with Crippen LogP contribution in [-0.4, -0.2) is 65.5 Å². The van der Waals surface area contributed by atoms with Gasteiger partial charge in [0.2, 0.25) is 17.7 Å². The van der Waals surface area contributed by atoms with Crippen molar-refractivity contribution < 1.29 is 18.7 Å². The number of carbonyl (C=O) groups is 2. The summed E-state index contributed by atoms with van der Waals surface area (Å²) in [7, 11) is 0. The molecule has 2 atom stereocenters. The van der Waals surface area contributed by atoms with Gasteiger partial charge in [-0.15, -0.1) is 0 Å². The van der Waals surface area contributed by atoms with E-state index in [-0.39, 0.29) is 30.2 Å². The molecule has 30 heavy (non-hydrogen) atoms. The summed E-state index contributed by atoms with van der Waals surface area (Å²) in [6.45, 7) is 2.91. The summed E-state index contributed by atoms with van der Waals surface area (Å²) in [6, 6.07) is 7.47. The lowest BCUT2D eigenvalue weighted by atomic mass is 10.0. The van der Waals surface area contributed by atoms with Crippen molar-refractivity contribution in [3.8, 4) is 0 Å². The number of para-hydroxylation sites is 2. The Hall–Kier alpha value is -2.41. The Morgan fingerprint density at radius 2 is 1.87 bits per heavy atom. The zero-order valence-corrected chi connectivity index (χ0v) is 17.3. The van der Waals surface area contributed by atoms with Crippen molar-refractivity contribution in [2.24, 2.45) is 11.8 Å². The summed E-state index contributed by atoms with van der Waals surface area (Å²) >= 11 is 0. The molecular formula is C23H29N3O4. The fourth-order valence-corrected chi connectivity index (χ4v) is 5.17. The van der Waals surface area contributed by atoms with Crippen LogP contribution in [0.15, 0.2) is 28.7 Å². The third-order valence-corrected chi connectivity index (χ3v) is 6.72. The molecule has 1 aromatic carbocycles. The van der Waals surface area contributed by atoms with Crippen LogP contribution in [0.3, 0.4) is 0 Å². The van der Waals surface area contributed by atoms with Crippen molar-refractivity contribution in [1.29, 1.82) is 0 Å². The number of oxazole rings is 1. The molecule has 0 N–H and O–H groups in total. The number of carbonyl (C=O) groups excluding carboxylic acids is 2. The largest absolute Gasteiger partial charge is 0.440 e. The first-order valence-electron chi connectivity index (χ1n) is 11.1. The zero-order valence-electron chi connectivity index (χ0n) is 17.3. The van der Waals surface area contributed by atoms with Gasteiger partial charge in [0.1, 0.15) is 11.9 Å². The second kappa shape index (κ2) is 8.38. The van der Waals surface area contributed by atoms with Gasteiger partial charge in [0, 0.05) is 32.0 Å². The average Bonchev–Trinajstić information content (AvgIpc) is 3.27. The topological polar surface area (TPSA) is 75.9 Å². The number of rotatable bonds is 4. The Morgan fingerprint density at radius 3 is 2.70 bits per heavy atom. The predicted molar refractivity (Wildman–Crippen MR) is 111 cm³/mol. The predicted octanol–water partition coefficient (Wildman–Crippen LogP) is 2.64. The van der Waals surface area contributed by atoms with Gasteiger partial charge >= 0.3 is 0 Å². The number of nitrogens with zero attached hydrogens (tertiary/aromatic N) is 3. The number of aromatic nitrogens is 1. The highest BCUT2D eigenvalue weighted by atomic mass is 16.5. The smallest absolute Gasteiger partial charge is 0.232 e. The molecule has 160 valence electrons. The summed E-state index contributed by atoms with van der Waals surface area (Å²) in [4.78, 5) is 34.5. The Morgan fingerprint density at radius 1 is 1.03 bits per heavy atom. The summed E-state index contributed by atoms with van der Waals surface area (Å²) in [5.74, 6) is 1.36. The Bertz CT molecular complexity index is 887. The van der Waals surface area contributed by atoms with E-state index >= 15 is 0 Å². The van der Waals surface area contributed by atoms with E-state index < -0.39 is 0 Å². The van der Waals surface area contributed by atoms with E-state index in [4.69, 9.17) is 9.15 Å². The lowest BCUT2D eigenvalue weighted by molar-refractivity contribution is -0.137. The van der Waals surface area contributed by atoms with Crippen LogP contribution in [0.4, 0.5) is 0 Å². The fraction of sp³-hybridized carbons (Fsp3) is 0.609. The Labute approximate surface area is 176 Å². The fourth-order valence-electron chi connectivity index (χ4n) is 5.17. The molecular weight excluding hydrogens is 382 g/mol. The maximum atomic E-state index is 13.1. The van der Waals surface area contributed by atoms with Crippen LogP contribution < -0.4 is 0 Å². The van der Waals surface area contributed by atoms with E-state index in [0.717, 1.165) is 5.52 Å². The van der Waals surface area contributed by atoms with Gasteiger partial charge in [-0.25, -0.2) is 4.98 Å². The van der Waals surface area contributed by atoms with Crippen LogP contribution in [0.2, 0.25) is 0 Å². The monoisotopic (exact) mass is 411 g/mol. The SMILES string of the molecule is O=C(Cc1nc2ccccc2o1)N1C[C@@H]2COC[C@H](C1)N(C(=O)CC1CCCC1)C2. The summed E-state index contributed by atoms with van der Waals surface area (Å²) in [6.07, 6.45) is 5.60. The second-order valence-corrected chi connectivity index (χ2v) is 9.01. The van der Waals surface area contributed by atoms with Crippen LogP contribution >= 0.6 is 0 Å². The van der Waals surface area contributed by atoms with E-state index in [9.17, 15) is 9.59 Å². The van der Waals surface area contributed by atoms with Crippen molar-refractivity contribution in [2.75, 3.05) is 32.8 Å². The van der Waals surface area contributed by atoms with Crippen molar-refractivity contribution in [3.63, 3.8) is 0 Å². The third-order valence-electron chi connectivity index (χ3n) is 6.72. The number of fused-ring (bicyclic) bond motifs is 4. The number of amides is 2. The number of ether oxygens (including phenoxy) is 1. The first-order chi connectivity index (χ1) is 14.7. The number of hydrogen-bond donors (Lipinski definition) is 0. The molecule has 3 aliphatic rings. The number of benzene rings is 1. The van der Waals surface area contributed by atoms with E-state index in [1.54, 1.807) is 0 Å². The molecule has 1 saturated carbocycles. The molecule has 0 radical (unpaired) electrons. The summed E-state index contributed by atoms with van der Waals surface area (Å²) < 4.78 is 11.6. The van der Waals surface area contributed by atoms with E-state index in [1.807, 2.05) is 34.1 Å². The van der Waals surface area contributed by atoms with Gasteiger partial charge in [-0.3, -0.25) is 9.59 Å². The summed E-state index contributed by atoms with van der Waals surface area (Å²) in [5.41, 5.74) is 1.47. The second-order valence-electron chi connectivity index (χ2n) is 9.01. The average molecular weight is 412 g/mol. The van der Waals surface area contributed by atoms with Gasteiger partial charge in [-0.1, -0.05) is 25.0 Å². The molecule has 0 spiro atoms. The molecule has 2 amide bonds. The highest BCUT2D eigenvalue weighted by Gasteiger charge is 2.38. The van der Waals surface area contributed by atoms with Crippen molar-refractivity contribution in [2.45, 2.75) is 44.6 Å². The Kier molecular flexibility index (Phi) is 5.46. The van der Waals surface area contributed by atoms with Gasteiger partial charge in [0.25, 0.3) is 0 Å². The zero-order chi connectivity index (χ0) is 20.5. The quantitative estimate of drug-likeness (QED) is 0.773. The van der Waals surface area contributed by atoms with Crippen LogP contribution in [0.25, 0.3) is 11.1 Å². The molecule has 2 aromatic rings. The molecule has 5 rings (SSSR count). The van der Waals surface area contributed by atoms with Crippen LogP contribution in [0.1, 0.15) is 38.0 Å². The van der Waals surface area contributed by atoms with E-state index in [0.29, 0.717) is 56.7 Å². The highest BCUT2D eigenvalue weighted by molar-refractivity contribution is 5.80. The molecule has 3 fully saturated rings. The molecule has 1 aromatic heterocycles. The first-order valence-corrected chi connectivity index (χ1v) is 11.1. The van der Waals surface area contributed by atoms with E-state index in [1.165, 1.54) is 25.7 Å². The number of hydrogen-bond acceptors (Lipinski definition) is 5. The molecule has 1 aliphatic carbocycles. The van der Waals surface area contributed by atoms with Crippen molar-refractivity contribution in [3.05, 3.63) is 30.2 Å².